The Hall–Kier alpha value is -3.43. The number of carbonyl (C=O) groups is 2. The molecule has 1 atom stereocenters. The van der Waals surface area contributed by atoms with E-state index in [2.05, 4.69) is 5.32 Å². The molecule has 0 bridgehead atoms. The molecule has 0 aliphatic heterocycles. The Morgan fingerprint density at radius 2 is 1.56 bits per heavy atom. The Labute approximate surface area is 234 Å². The van der Waals surface area contributed by atoms with Crippen LogP contribution in [0.15, 0.2) is 77.7 Å². The van der Waals surface area contributed by atoms with Crippen LogP contribution < -0.4 is 9.62 Å². The molecule has 0 fully saturated rings. The Morgan fingerprint density at radius 3 is 2.13 bits per heavy atom. The van der Waals surface area contributed by atoms with Crippen LogP contribution in [-0.4, -0.2) is 44.3 Å². The molecule has 0 saturated carbocycles. The summed E-state index contributed by atoms with van der Waals surface area (Å²) in [6, 6.07) is 17.2. The van der Waals surface area contributed by atoms with E-state index in [1.54, 1.807) is 31.2 Å². The van der Waals surface area contributed by atoms with E-state index in [0.717, 1.165) is 9.87 Å². The third kappa shape index (κ3) is 7.80. The number of benzene rings is 3. The molecule has 0 radical (unpaired) electrons. The molecule has 0 aliphatic rings. The maximum atomic E-state index is 13.9. The average Bonchev–Trinajstić information content (AvgIpc) is 2.92. The standard InChI is InChI=1S/C29H33ClFN3O4S/c1-4-18-32-29(36)27(5-2)33(19-22-8-12-24(31)13-9-22)28(35)20-34(25-14-10-23(30)11-15-25)39(37,38)26-16-6-21(3)7-17-26/h6-17,27H,4-5,18-20H2,1-3H3,(H,32,36). The highest BCUT2D eigenvalue weighted by atomic mass is 35.5. The van der Waals surface area contributed by atoms with Gasteiger partial charge in [-0.15, -0.1) is 0 Å². The molecule has 0 spiro atoms. The highest BCUT2D eigenvalue weighted by Gasteiger charge is 2.33. The second kappa shape index (κ2) is 13.6. The van der Waals surface area contributed by atoms with E-state index in [-0.39, 0.29) is 23.0 Å². The van der Waals surface area contributed by atoms with Crippen molar-refractivity contribution in [2.75, 3.05) is 17.4 Å². The minimum absolute atomic E-state index is 0.00377. The Bertz CT molecular complexity index is 1370. The summed E-state index contributed by atoms with van der Waals surface area (Å²) >= 11 is 6.05. The second-order valence-corrected chi connectivity index (χ2v) is 11.5. The van der Waals surface area contributed by atoms with Crippen LogP contribution in [0.4, 0.5) is 10.1 Å². The minimum atomic E-state index is -4.17. The van der Waals surface area contributed by atoms with E-state index >= 15 is 0 Å². The fourth-order valence-electron chi connectivity index (χ4n) is 4.05. The predicted octanol–water partition coefficient (Wildman–Crippen LogP) is 5.32. The first kappa shape index (κ1) is 30.1. The number of nitrogens with one attached hydrogen (secondary N) is 1. The van der Waals surface area contributed by atoms with Gasteiger partial charge in [-0.25, -0.2) is 12.8 Å². The maximum absolute atomic E-state index is 13.9. The number of halogens is 2. The Morgan fingerprint density at radius 1 is 0.949 bits per heavy atom. The van der Waals surface area contributed by atoms with Gasteiger partial charge in [0.25, 0.3) is 10.0 Å². The lowest BCUT2D eigenvalue weighted by Gasteiger charge is -2.33. The van der Waals surface area contributed by atoms with Crippen molar-refractivity contribution in [2.45, 2.75) is 51.1 Å². The summed E-state index contributed by atoms with van der Waals surface area (Å²) in [4.78, 5) is 28.3. The Kier molecular flexibility index (Phi) is 10.5. The fraction of sp³-hybridized carbons (Fsp3) is 0.310. The van der Waals surface area contributed by atoms with Gasteiger partial charge in [0.1, 0.15) is 18.4 Å². The molecule has 39 heavy (non-hydrogen) atoms. The smallest absolute Gasteiger partial charge is 0.264 e. The van der Waals surface area contributed by atoms with Crippen LogP contribution in [0.5, 0.6) is 0 Å². The molecular formula is C29H33ClFN3O4S. The van der Waals surface area contributed by atoms with E-state index < -0.39 is 34.3 Å². The highest BCUT2D eigenvalue weighted by Crippen LogP contribution is 2.26. The first-order valence-electron chi connectivity index (χ1n) is 12.7. The largest absolute Gasteiger partial charge is 0.354 e. The van der Waals surface area contributed by atoms with Crippen molar-refractivity contribution < 1.29 is 22.4 Å². The summed E-state index contributed by atoms with van der Waals surface area (Å²) in [6.07, 6.45) is 1.02. The van der Waals surface area contributed by atoms with E-state index in [4.69, 9.17) is 11.6 Å². The van der Waals surface area contributed by atoms with Crippen LogP contribution in [-0.2, 0) is 26.2 Å². The molecule has 3 rings (SSSR count). The zero-order valence-electron chi connectivity index (χ0n) is 22.2. The second-order valence-electron chi connectivity index (χ2n) is 9.16. The van der Waals surface area contributed by atoms with Crippen LogP contribution in [0.3, 0.4) is 0 Å². The van der Waals surface area contributed by atoms with Gasteiger partial charge in [0.2, 0.25) is 11.8 Å². The molecule has 2 amide bonds. The van der Waals surface area contributed by atoms with Gasteiger partial charge >= 0.3 is 0 Å². The molecule has 0 aromatic heterocycles. The van der Waals surface area contributed by atoms with Crippen molar-refractivity contribution in [3.63, 3.8) is 0 Å². The topological polar surface area (TPSA) is 86.8 Å². The van der Waals surface area contributed by atoms with Crippen molar-refractivity contribution >= 4 is 39.1 Å². The van der Waals surface area contributed by atoms with Crippen LogP contribution >= 0.6 is 11.6 Å². The normalized spacial score (nSPS) is 12.0. The number of rotatable bonds is 12. The number of nitrogens with zero attached hydrogens (tertiary/aromatic N) is 2. The van der Waals surface area contributed by atoms with E-state index in [1.165, 1.54) is 53.4 Å². The maximum Gasteiger partial charge on any atom is 0.264 e. The third-order valence-electron chi connectivity index (χ3n) is 6.20. The van der Waals surface area contributed by atoms with Crippen molar-refractivity contribution in [3.8, 4) is 0 Å². The molecule has 3 aromatic carbocycles. The summed E-state index contributed by atoms with van der Waals surface area (Å²) in [5.41, 5.74) is 1.74. The monoisotopic (exact) mass is 573 g/mol. The molecular weight excluding hydrogens is 541 g/mol. The van der Waals surface area contributed by atoms with Crippen LogP contribution in [0.25, 0.3) is 0 Å². The molecule has 208 valence electrons. The quantitative estimate of drug-likeness (QED) is 0.318. The molecule has 3 aromatic rings. The number of hydrogen-bond donors (Lipinski definition) is 1. The predicted molar refractivity (Wildman–Crippen MR) is 151 cm³/mol. The fourth-order valence-corrected chi connectivity index (χ4v) is 5.59. The van der Waals surface area contributed by atoms with E-state index in [9.17, 15) is 22.4 Å². The van der Waals surface area contributed by atoms with Crippen molar-refractivity contribution in [1.29, 1.82) is 0 Å². The molecule has 10 heteroatoms. The average molecular weight is 574 g/mol. The molecule has 0 heterocycles. The Balaban J connectivity index is 2.03. The van der Waals surface area contributed by atoms with Crippen molar-refractivity contribution in [2.24, 2.45) is 0 Å². The van der Waals surface area contributed by atoms with Gasteiger partial charge < -0.3 is 10.2 Å². The lowest BCUT2D eigenvalue weighted by atomic mass is 10.1. The summed E-state index contributed by atoms with van der Waals surface area (Å²) in [7, 11) is -4.17. The lowest BCUT2D eigenvalue weighted by molar-refractivity contribution is -0.140. The summed E-state index contributed by atoms with van der Waals surface area (Å²) in [6.45, 7) is 5.42. The first-order chi connectivity index (χ1) is 18.6. The number of hydrogen-bond acceptors (Lipinski definition) is 4. The third-order valence-corrected chi connectivity index (χ3v) is 8.24. The molecule has 1 N–H and O–H groups in total. The lowest BCUT2D eigenvalue weighted by Crippen LogP contribution is -2.52. The van der Waals surface area contributed by atoms with Gasteiger partial charge in [-0.3, -0.25) is 13.9 Å². The number of sulfonamides is 1. The van der Waals surface area contributed by atoms with Gasteiger partial charge in [0.15, 0.2) is 0 Å². The van der Waals surface area contributed by atoms with Gasteiger partial charge in [-0.05, 0) is 73.9 Å². The molecule has 0 aliphatic carbocycles. The molecule has 7 nitrogen and oxygen atoms in total. The molecule has 1 unspecified atom stereocenters. The SMILES string of the molecule is CCCNC(=O)C(CC)N(Cc1ccc(F)cc1)C(=O)CN(c1ccc(Cl)cc1)S(=O)(=O)c1ccc(C)cc1. The van der Waals surface area contributed by atoms with Crippen LogP contribution in [0.1, 0.15) is 37.8 Å². The first-order valence-corrected chi connectivity index (χ1v) is 14.5. The van der Waals surface area contributed by atoms with Gasteiger partial charge in [-0.2, -0.15) is 0 Å². The van der Waals surface area contributed by atoms with Crippen LogP contribution in [0, 0.1) is 12.7 Å². The van der Waals surface area contributed by atoms with E-state index in [0.29, 0.717) is 30.0 Å². The summed E-state index contributed by atoms with van der Waals surface area (Å²) < 4.78 is 42.2. The summed E-state index contributed by atoms with van der Waals surface area (Å²) in [5, 5.41) is 3.24. The highest BCUT2D eigenvalue weighted by molar-refractivity contribution is 7.92. The zero-order valence-corrected chi connectivity index (χ0v) is 23.8. The van der Waals surface area contributed by atoms with Gasteiger partial charge in [0, 0.05) is 18.1 Å². The summed E-state index contributed by atoms with van der Waals surface area (Å²) in [5.74, 6) is -1.35. The van der Waals surface area contributed by atoms with E-state index in [1.807, 2.05) is 13.8 Å². The zero-order chi connectivity index (χ0) is 28.6. The van der Waals surface area contributed by atoms with Gasteiger partial charge in [-0.1, -0.05) is 55.3 Å². The van der Waals surface area contributed by atoms with Crippen molar-refractivity contribution in [3.05, 3.63) is 94.8 Å². The number of anilines is 1. The minimum Gasteiger partial charge on any atom is -0.354 e. The number of carbonyl (C=O) groups excluding carboxylic acids is 2. The van der Waals surface area contributed by atoms with Crippen molar-refractivity contribution in [1.82, 2.24) is 10.2 Å². The van der Waals surface area contributed by atoms with Crippen LogP contribution in [0.2, 0.25) is 5.02 Å². The number of aryl methyl sites for hydroxylation is 1. The molecule has 0 saturated heterocycles. The van der Waals surface area contributed by atoms with Gasteiger partial charge in [0.05, 0.1) is 10.6 Å². The number of amides is 2.